The maximum atomic E-state index is 14.1. The molecule has 6 heteroatoms. The van der Waals surface area contributed by atoms with E-state index in [4.69, 9.17) is 0 Å². The highest BCUT2D eigenvalue weighted by Crippen LogP contribution is 2.36. The molecule has 2 aliphatic carbocycles. The molecule has 3 N–H and O–H groups in total. The van der Waals surface area contributed by atoms with Gasteiger partial charge in [-0.25, -0.2) is 14.4 Å². The second kappa shape index (κ2) is 8.00. The Bertz CT molecular complexity index is 784. The van der Waals surface area contributed by atoms with E-state index in [1.54, 1.807) is 24.4 Å². The van der Waals surface area contributed by atoms with E-state index in [0.29, 0.717) is 24.2 Å². The highest BCUT2D eigenvalue weighted by Gasteiger charge is 2.42. The molecular weight excluding hydrogens is 345 g/mol. The van der Waals surface area contributed by atoms with Gasteiger partial charge in [0.25, 0.3) is 0 Å². The fourth-order valence-corrected chi connectivity index (χ4v) is 4.14. The maximum Gasteiger partial charge on any atom is 0.162 e. The number of benzene rings is 1. The van der Waals surface area contributed by atoms with Gasteiger partial charge in [0.05, 0.1) is 11.7 Å². The second-order valence-corrected chi connectivity index (χ2v) is 7.83. The molecule has 4 atom stereocenters. The molecule has 1 heterocycles. The van der Waals surface area contributed by atoms with Crippen LogP contribution >= 0.6 is 0 Å². The third-order valence-electron chi connectivity index (χ3n) is 5.91. The van der Waals surface area contributed by atoms with Gasteiger partial charge in [-0.1, -0.05) is 12.1 Å². The van der Waals surface area contributed by atoms with Crippen molar-refractivity contribution in [1.82, 2.24) is 15.3 Å². The normalized spacial score (nSPS) is 27.8. The molecule has 2 fully saturated rings. The molecule has 1 aromatic carbocycles. The standard InChI is InChI=1S/C21H26FN3O2/c22-18-4-2-1-3-15(18)21-23-8-7-14(25-21)9-16-17(12-26)20(27)10-19(16)24-11-13-5-6-13/h1-4,7-8,13,16-17,19-20,24,26-27H,5-6,9-12H2. The van der Waals surface area contributed by atoms with E-state index in [9.17, 15) is 14.6 Å². The summed E-state index contributed by atoms with van der Waals surface area (Å²) in [7, 11) is 0. The molecule has 2 aliphatic rings. The van der Waals surface area contributed by atoms with Gasteiger partial charge >= 0.3 is 0 Å². The number of hydrogen-bond donors (Lipinski definition) is 3. The SMILES string of the molecule is OCC1C(O)CC(NCC2CC2)C1Cc1ccnc(-c2ccccc2F)n1. The molecule has 0 amide bonds. The minimum absolute atomic E-state index is 0.0430. The number of halogens is 1. The van der Waals surface area contributed by atoms with Crippen LogP contribution in [0.5, 0.6) is 0 Å². The predicted octanol–water partition coefficient (Wildman–Crippen LogP) is 2.18. The lowest BCUT2D eigenvalue weighted by Crippen LogP contribution is -2.37. The van der Waals surface area contributed by atoms with Crippen molar-refractivity contribution < 1.29 is 14.6 Å². The average Bonchev–Trinajstić information content (AvgIpc) is 3.45. The summed E-state index contributed by atoms with van der Waals surface area (Å²) in [5.41, 5.74) is 1.19. The number of rotatable bonds is 7. The molecule has 0 radical (unpaired) electrons. The fraction of sp³-hybridized carbons (Fsp3) is 0.524. The molecular formula is C21H26FN3O2. The summed E-state index contributed by atoms with van der Waals surface area (Å²) in [5, 5.41) is 23.8. The zero-order valence-electron chi connectivity index (χ0n) is 15.3. The van der Waals surface area contributed by atoms with Crippen molar-refractivity contribution in [2.45, 2.75) is 37.8 Å². The minimum Gasteiger partial charge on any atom is -0.396 e. The van der Waals surface area contributed by atoms with Crippen LogP contribution in [0.4, 0.5) is 4.39 Å². The summed E-state index contributed by atoms with van der Waals surface area (Å²) in [4.78, 5) is 8.78. The fourth-order valence-electron chi connectivity index (χ4n) is 4.14. The van der Waals surface area contributed by atoms with Crippen molar-refractivity contribution in [1.29, 1.82) is 0 Å². The third-order valence-corrected chi connectivity index (χ3v) is 5.91. The number of hydrogen-bond acceptors (Lipinski definition) is 5. The zero-order valence-corrected chi connectivity index (χ0v) is 15.3. The first-order valence-corrected chi connectivity index (χ1v) is 9.75. The lowest BCUT2D eigenvalue weighted by Gasteiger charge is -2.25. The first kappa shape index (κ1) is 18.5. The molecule has 144 valence electrons. The second-order valence-electron chi connectivity index (χ2n) is 7.83. The van der Waals surface area contributed by atoms with Crippen LogP contribution < -0.4 is 5.32 Å². The summed E-state index contributed by atoms with van der Waals surface area (Å²) < 4.78 is 14.1. The Kier molecular flexibility index (Phi) is 5.48. The Balaban J connectivity index is 1.53. The third kappa shape index (κ3) is 4.18. The van der Waals surface area contributed by atoms with Crippen molar-refractivity contribution in [3.63, 3.8) is 0 Å². The van der Waals surface area contributed by atoms with E-state index < -0.39 is 6.10 Å². The molecule has 2 saturated carbocycles. The van der Waals surface area contributed by atoms with E-state index in [1.165, 1.54) is 18.9 Å². The number of nitrogens with one attached hydrogen (secondary N) is 1. The summed E-state index contributed by atoms with van der Waals surface area (Å²) in [6.45, 7) is 0.926. The summed E-state index contributed by atoms with van der Waals surface area (Å²) in [6.07, 6.45) is 4.95. The molecule has 0 bridgehead atoms. The zero-order chi connectivity index (χ0) is 18.8. The molecule has 0 aliphatic heterocycles. The molecule has 2 aromatic rings. The quantitative estimate of drug-likeness (QED) is 0.695. The Labute approximate surface area is 158 Å². The highest BCUT2D eigenvalue weighted by molar-refractivity contribution is 5.55. The van der Waals surface area contributed by atoms with Crippen LogP contribution in [0.2, 0.25) is 0 Å². The van der Waals surface area contributed by atoms with Crippen LogP contribution in [0.15, 0.2) is 36.5 Å². The topological polar surface area (TPSA) is 78.3 Å². The smallest absolute Gasteiger partial charge is 0.162 e. The van der Waals surface area contributed by atoms with Crippen LogP contribution in [-0.2, 0) is 6.42 Å². The van der Waals surface area contributed by atoms with Gasteiger partial charge in [0.15, 0.2) is 5.82 Å². The molecule has 4 unspecified atom stereocenters. The van der Waals surface area contributed by atoms with Crippen molar-refractivity contribution >= 4 is 0 Å². The van der Waals surface area contributed by atoms with Gasteiger partial charge < -0.3 is 15.5 Å². The van der Waals surface area contributed by atoms with Gasteiger partial charge in [-0.2, -0.15) is 0 Å². The van der Waals surface area contributed by atoms with Gasteiger partial charge in [-0.15, -0.1) is 0 Å². The lowest BCUT2D eigenvalue weighted by atomic mass is 9.88. The number of aromatic nitrogens is 2. The first-order chi connectivity index (χ1) is 13.2. The highest BCUT2D eigenvalue weighted by atomic mass is 19.1. The molecule has 0 spiro atoms. The van der Waals surface area contributed by atoms with E-state index >= 15 is 0 Å². The summed E-state index contributed by atoms with van der Waals surface area (Å²) >= 11 is 0. The van der Waals surface area contributed by atoms with Gasteiger partial charge in [0.1, 0.15) is 5.82 Å². The Morgan fingerprint density at radius 1 is 1.15 bits per heavy atom. The lowest BCUT2D eigenvalue weighted by molar-refractivity contribution is 0.0716. The Hall–Kier alpha value is -1.89. The van der Waals surface area contributed by atoms with Crippen LogP contribution in [0.25, 0.3) is 11.4 Å². The maximum absolute atomic E-state index is 14.1. The Morgan fingerprint density at radius 2 is 1.96 bits per heavy atom. The monoisotopic (exact) mass is 371 g/mol. The number of aliphatic hydroxyl groups excluding tert-OH is 2. The Morgan fingerprint density at radius 3 is 2.70 bits per heavy atom. The largest absolute Gasteiger partial charge is 0.396 e. The number of nitrogens with zero attached hydrogens (tertiary/aromatic N) is 2. The van der Waals surface area contributed by atoms with Gasteiger partial charge in [-0.3, -0.25) is 0 Å². The van der Waals surface area contributed by atoms with Crippen molar-refractivity contribution in [2.24, 2.45) is 17.8 Å². The van der Waals surface area contributed by atoms with Crippen LogP contribution in [-0.4, -0.2) is 45.5 Å². The predicted molar refractivity (Wildman–Crippen MR) is 100 cm³/mol. The number of aliphatic hydroxyl groups is 2. The van der Waals surface area contributed by atoms with Crippen LogP contribution in [0.1, 0.15) is 25.0 Å². The molecule has 4 rings (SSSR count). The van der Waals surface area contributed by atoms with E-state index in [-0.39, 0.29) is 30.3 Å². The van der Waals surface area contributed by atoms with Crippen molar-refractivity contribution in [3.05, 3.63) is 48.0 Å². The van der Waals surface area contributed by atoms with Crippen molar-refractivity contribution in [3.8, 4) is 11.4 Å². The summed E-state index contributed by atoms with van der Waals surface area (Å²) in [6, 6.07) is 8.47. The van der Waals surface area contributed by atoms with Gasteiger partial charge in [0.2, 0.25) is 0 Å². The van der Waals surface area contributed by atoms with Crippen LogP contribution in [0, 0.1) is 23.6 Å². The summed E-state index contributed by atoms with van der Waals surface area (Å²) in [5.74, 6) is 0.693. The van der Waals surface area contributed by atoms with E-state index in [0.717, 1.165) is 18.2 Å². The minimum atomic E-state index is -0.510. The van der Waals surface area contributed by atoms with Gasteiger partial charge in [-0.05, 0) is 62.3 Å². The van der Waals surface area contributed by atoms with E-state index in [2.05, 4.69) is 15.3 Å². The molecule has 0 saturated heterocycles. The molecule has 27 heavy (non-hydrogen) atoms. The van der Waals surface area contributed by atoms with Crippen LogP contribution in [0.3, 0.4) is 0 Å². The van der Waals surface area contributed by atoms with E-state index in [1.807, 2.05) is 6.07 Å². The van der Waals surface area contributed by atoms with Gasteiger partial charge in [0, 0.05) is 30.5 Å². The average molecular weight is 371 g/mol. The molecule has 5 nitrogen and oxygen atoms in total. The van der Waals surface area contributed by atoms with Crippen molar-refractivity contribution in [2.75, 3.05) is 13.2 Å². The molecule has 1 aromatic heterocycles. The first-order valence-electron chi connectivity index (χ1n) is 9.75.